The molecule has 26 heavy (non-hydrogen) atoms. The number of nitrogens with one attached hydrogen (secondary N) is 1. The predicted molar refractivity (Wildman–Crippen MR) is 90.9 cm³/mol. The van der Waals surface area contributed by atoms with Gasteiger partial charge in [-0.05, 0) is 25.0 Å². The van der Waals surface area contributed by atoms with E-state index in [0.29, 0.717) is 25.0 Å². The lowest BCUT2D eigenvalue weighted by atomic mass is 9.75. The number of fused-ring (bicyclic) bond motifs is 2. The van der Waals surface area contributed by atoms with Gasteiger partial charge in [-0.3, -0.25) is 4.68 Å². The van der Waals surface area contributed by atoms with Gasteiger partial charge in [-0.2, -0.15) is 13.2 Å². The van der Waals surface area contributed by atoms with Crippen LogP contribution in [-0.2, 0) is 23.6 Å². The van der Waals surface area contributed by atoms with Crippen LogP contribution in [0.3, 0.4) is 0 Å². The van der Waals surface area contributed by atoms with Gasteiger partial charge in [-0.15, -0.1) is 16.4 Å². The zero-order chi connectivity index (χ0) is 18.7. The molecule has 142 valence electrons. The molecule has 4 rings (SSSR count). The molecule has 2 aromatic heterocycles. The maximum atomic E-state index is 13.3. The summed E-state index contributed by atoms with van der Waals surface area (Å²) in [6.45, 7) is 4.39. The lowest BCUT2D eigenvalue weighted by Crippen LogP contribution is -2.50. The van der Waals surface area contributed by atoms with E-state index < -0.39 is 16.7 Å². The third-order valence-corrected chi connectivity index (χ3v) is 6.63. The van der Waals surface area contributed by atoms with Gasteiger partial charge in [0, 0.05) is 36.5 Å². The molecule has 1 unspecified atom stereocenters. The third kappa shape index (κ3) is 2.95. The van der Waals surface area contributed by atoms with Crippen LogP contribution >= 0.6 is 11.3 Å². The number of hydrogen-bond donors (Lipinski definition) is 1. The lowest BCUT2D eigenvalue weighted by Gasteiger charge is -2.47. The number of piperidine rings is 1. The van der Waals surface area contributed by atoms with E-state index in [-0.39, 0.29) is 18.0 Å². The van der Waals surface area contributed by atoms with Crippen molar-refractivity contribution in [3.05, 3.63) is 33.3 Å². The Labute approximate surface area is 153 Å². The topological polar surface area (TPSA) is 52.0 Å². The van der Waals surface area contributed by atoms with Crippen molar-refractivity contribution in [1.82, 2.24) is 20.3 Å². The maximum absolute atomic E-state index is 13.3. The van der Waals surface area contributed by atoms with Crippen molar-refractivity contribution in [3.8, 4) is 0 Å². The number of hydrogen-bond acceptors (Lipinski definition) is 5. The van der Waals surface area contributed by atoms with Crippen molar-refractivity contribution >= 4 is 11.3 Å². The Hall–Kier alpha value is -1.45. The number of thiophene rings is 1. The summed E-state index contributed by atoms with van der Waals surface area (Å²) >= 11 is 0.863. The molecular formula is C17H21F3N4OS. The van der Waals surface area contributed by atoms with Gasteiger partial charge in [0.1, 0.15) is 4.88 Å². The van der Waals surface area contributed by atoms with Gasteiger partial charge in [0.25, 0.3) is 0 Å². The third-order valence-electron chi connectivity index (χ3n) is 5.22. The number of halogens is 3. The second kappa shape index (κ2) is 6.03. The number of rotatable bonds is 1. The molecule has 0 radical (unpaired) electrons. The Bertz CT molecular complexity index is 817. The van der Waals surface area contributed by atoms with Crippen molar-refractivity contribution in [3.63, 3.8) is 0 Å². The fourth-order valence-electron chi connectivity index (χ4n) is 4.13. The molecule has 1 N–H and O–H groups in total. The Morgan fingerprint density at radius 1 is 1.35 bits per heavy atom. The smallest absolute Gasteiger partial charge is 0.369 e. The van der Waals surface area contributed by atoms with E-state index in [0.717, 1.165) is 21.9 Å². The fourth-order valence-corrected chi connectivity index (χ4v) is 5.28. The largest absolute Gasteiger partial charge is 0.425 e. The molecule has 4 atom stereocenters. The minimum Gasteiger partial charge on any atom is -0.369 e. The predicted octanol–water partition coefficient (Wildman–Crippen LogP) is 3.74. The maximum Gasteiger partial charge on any atom is 0.425 e. The Morgan fingerprint density at radius 3 is 2.77 bits per heavy atom. The summed E-state index contributed by atoms with van der Waals surface area (Å²) in [5, 5.41) is 11.6. The molecule has 2 aliphatic rings. The molecule has 1 fully saturated rings. The van der Waals surface area contributed by atoms with Crippen LogP contribution in [0.2, 0.25) is 0 Å². The summed E-state index contributed by atoms with van der Waals surface area (Å²) in [6.07, 6.45) is -1.31. The van der Waals surface area contributed by atoms with Gasteiger partial charge in [-0.25, -0.2) is 0 Å². The number of aryl methyl sites for hydroxylation is 1. The summed E-state index contributed by atoms with van der Waals surface area (Å²) in [5.74, 6) is -0.0307. The summed E-state index contributed by atoms with van der Waals surface area (Å²) < 4.78 is 47.8. The lowest BCUT2D eigenvalue weighted by molar-refractivity contribution is -0.134. The molecule has 0 aliphatic carbocycles. The Kier molecular flexibility index (Phi) is 4.16. The van der Waals surface area contributed by atoms with Crippen LogP contribution in [0.1, 0.15) is 59.7 Å². The zero-order valence-electron chi connectivity index (χ0n) is 14.8. The van der Waals surface area contributed by atoms with E-state index in [9.17, 15) is 13.2 Å². The quantitative estimate of drug-likeness (QED) is 0.811. The highest BCUT2D eigenvalue weighted by atomic mass is 32.1. The van der Waals surface area contributed by atoms with Gasteiger partial charge >= 0.3 is 6.18 Å². The van der Waals surface area contributed by atoms with Crippen LogP contribution in [0, 0.1) is 0 Å². The molecule has 4 heterocycles. The first kappa shape index (κ1) is 17.9. The molecule has 0 saturated carbocycles. The first-order valence-electron chi connectivity index (χ1n) is 8.65. The van der Waals surface area contributed by atoms with Crippen molar-refractivity contribution in [1.29, 1.82) is 0 Å². The minimum absolute atomic E-state index is 0.0307. The van der Waals surface area contributed by atoms with Gasteiger partial charge in [0.15, 0.2) is 0 Å². The first-order valence-corrected chi connectivity index (χ1v) is 9.47. The molecule has 1 spiro atoms. The molecule has 0 bridgehead atoms. The number of ether oxygens (including phenoxy) is 1. The molecule has 2 aromatic rings. The van der Waals surface area contributed by atoms with E-state index in [1.54, 1.807) is 11.7 Å². The molecule has 0 amide bonds. The van der Waals surface area contributed by atoms with Crippen LogP contribution in [0.5, 0.6) is 0 Å². The highest BCUT2D eigenvalue weighted by Crippen LogP contribution is 2.52. The van der Waals surface area contributed by atoms with Crippen LogP contribution in [0.25, 0.3) is 0 Å². The highest BCUT2D eigenvalue weighted by molar-refractivity contribution is 7.12. The van der Waals surface area contributed by atoms with Crippen molar-refractivity contribution in [2.24, 2.45) is 7.05 Å². The molecular weight excluding hydrogens is 365 g/mol. The van der Waals surface area contributed by atoms with Gasteiger partial charge in [0.2, 0.25) is 0 Å². The average Bonchev–Trinajstić information content (AvgIpc) is 3.18. The summed E-state index contributed by atoms with van der Waals surface area (Å²) in [5.41, 5.74) is 0.776. The van der Waals surface area contributed by atoms with Crippen molar-refractivity contribution in [2.75, 3.05) is 6.61 Å². The second-order valence-corrected chi connectivity index (χ2v) is 8.52. The van der Waals surface area contributed by atoms with Crippen LogP contribution in [-0.4, -0.2) is 27.6 Å². The molecule has 2 aliphatic heterocycles. The Morgan fingerprint density at radius 2 is 2.12 bits per heavy atom. The first-order chi connectivity index (χ1) is 12.2. The monoisotopic (exact) mass is 386 g/mol. The van der Waals surface area contributed by atoms with Crippen molar-refractivity contribution < 1.29 is 17.9 Å². The summed E-state index contributed by atoms with van der Waals surface area (Å²) in [4.78, 5) is 0.261. The van der Waals surface area contributed by atoms with E-state index >= 15 is 0 Å². The summed E-state index contributed by atoms with van der Waals surface area (Å²) in [7, 11) is 1.80. The van der Waals surface area contributed by atoms with Crippen molar-refractivity contribution in [2.45, 2.75) is 56.5 Å². The van der Waals surface area contributed by atoms with E-state index in [2.05, 4.69) is 15.6 Å². The van der Waals surface area contributed by atoms with Crippen LogP contribution < -0.4 is 5.32 Å². The van der Waals surface area contributed by atoms with E-state index in [1.807, 2.05) is 20.0 Å². The number of alkyl halides is 3. The molecule has 5 nitrogen and oxygen atoms in total. The van der Waals surface area contributed by atoms with Gasteiger partial charge in [-0.1, -0.05) is 12.1 Å². The fraction of sp³-hybridized carbons (Fsp3) is 0.647. The molecule has 0 aromatic carbocycles. The second-order valence-electron chi connectivity index (χ2n) is 7.44. The minimum atomic E-state index is -4.33. The van der Waals surface area contributed by atoms with Crippen LogP contribution in [0.4, 0.5) is 13.2 Å². The summed E-state index contributed by atoms with van der Waals surface area (Å²) in [6, 6.07) is 1.29. The average molecular weight is 386 g/mol. The van der Waals surface area contributed by atoms with Gasteiger partial charge < -0.3 is 10.1 Å². The number of nitrogens with zero attached hydrogens (tertiary/aromatic N) is 3. The van der Waals surface area contributed by atoms with E-state index in [1.165, 1.54) is 6.07 Å². The standard InChI is InChI=1S/C17H21F3N4OS/c1-9-8-25-16(11-4-14(17(18,19)20)26-15(9)11)5-10(2)21-12(6-16)13-7-24(3)23-22-13/h4,7,9-10,12,21H,5-6,8H2,1-3H3/t9?,10-,12-,16-/m0/s1. The number of aromatic nitrogens is 3. The molecule has 9 heteroatoms. The molecule has 1 saturated heterocycles. The van der Waals surface area contributed by atoms with Gasteiger partial charge in [0.05, 0.1) is 23.9 Å². The highest BCUT2D eigenvalue weighted by Gasteiger charge is 2.49. The Balaban J connectivity index is 1.76. The normalized spacial score (nSPS) is 32.0. The van der Waals surface area contributed by atoms with Crippen LogP contribution in [0.15, 0.2) is 12.3 Å². The zero-order valence-corrected chi connectivity index (χ0v) is 15.6. The van der Waals surface area contributed by atoms with E-state index in [4.69, 9.17) is 4.74 Å². The SMILES string of the molecule is CC1CO[C@@]2(C[C@@H](c3cn(C)nn3)N[C@@H](C)C2)c2cc(C(F)(F)F)sc21.